The lowest BCUT2D eigenvalue weighted by Crippen LogP contribution is -1.70. The molecule has 0 saturated carbocycles. The zero-order valence-corrected chi connectivity index (χ0v) is 12.0. The lowest BCUT2D eigenvalue weighted by atomic mass is 10.1. The van der Waals surface area contributed by atoms with Gasteiger partial charge in [-0.25, -0.2) is 0 Å². The van der Waals surface area contributed by atoms with Crippen molar-refractivity contribution < 1.29 is 10.2 Å². The largest absolute Gasteiger partial charge is 0.507 e. The number of hydrogen-bond donors (Lipinski definition) is 2. The van der Waals surface area contributed by atoms with Crippen molar-refractivity contribution in [2.75, 3.05) is 0 Å². The molecule has 0 aliphatic heterocycles. The molecule has 0 radical (unpaired) electrons. The van der Waals surface area contributed by atoms with E-state index in [4.69, 9.17) is 0 Å². The van der Waals surface area contributed by atoms with Crippen molar-refractivity contribution >= 4 is 21.5 Å². The van der Waals surface area contributed by atoms with Crippen LogP contribution in [0.4, 0.5) is 0 Å². The van der Waals surface area contributed by atoms with Crippen molar-refractivity contribution in [3.05, 3.63) is 84.9 Å². The van der Waals surface area contributed by atoms with Gasteiger partial charge in [0.05, 0.1) is 0 Å². The van der Waals surface area contributed by atoms with Gasteiger partial charge in [0.15, 0.2) is 0 Å². The Balaban J connectivity index is 0.000000131. The second-order valence-corrected chi connectivity index (χ2v) is 5.00. The van der Waals surface area contributed by atoms with E-state index in [1.807, 2.05) is 72.8 Å². The third-order valence-electron chi connectivity index (χ3n) is 3.53. The van der Waals surface area contributed by atoms with Gasteiger partial charge in [-0.1, -0.05) is 72.8 Å². The molecular weight excluding hydrogens is 272 g/mol. The van der Waals surface area contributed by atoms with Gasteiger partial charge in [0, 0.05) is 10.8 Å². The van der Waals surface area contributed by atoms with Gasteiger partial charge in [0.2, 0.25) is 0 Å². The molecule has 0 aliphatic carbocycles. The normalized spacial score (nSPS) is 10.2. The molecule has 0 unspecified atom stereocenters. The zero-order chi connectivity index (χ0) is 15.4. The van der Waals surface area contributed by atoms with E-state index in [1.54, 1.807) is 12.1 Å². The van der Waals surface area contributed by atoms with Crippen molar-refractivity contribution in [2.45, 2.75) is 0 Å². The minimum atomic E-state index is 0.350. The van der Waals surface area contributed by atoms with Crippen LogP contribution < -0.4 is 0 Å². The number of aromatic hydroxyl groups is 2. The number of phenolic OH excluding ortho intramolecular Hbond substituents is 2. The van der Waals surface area contributed by atoms with Gasteiger partial charge >= 0.3 is 0 Å². The molecule has 4 rings (SSSR count). The highest BCUT2D eigenvalue weighted by Crippen LogP contribution is 2.23. The Kier molecular flexibility index (Phi) is 3.92. The SMILES string of the molecule is Oc1cccc2ccccc12.Oc1cccc2ccccc12. The molecule has 0 aromatic heterocycles. The molecule has 0 spiro atoms. The van der Waals surface area contributed by atoms with Gasteiger partial charge < -0.3 is 10.2 Å². The van der Waals surface area contributed by atoms with Gasteiger partial charge in [-0.15, -0.1) is 0 Å². The molecular formula is C20H16O2. The van der Waals surface area contributed by atoms with E-state index in [2.05, 4.69) is 0 Å². The minimum Gasteiger partial charge on any atom is -0.507 e. The monoisotopic (exact) mass is 288 g/mol. The molecule has 2 N–H and O–H groups in total. The molecule has 4 aromatic carbocycles. The Morgan fingerprint density at radius 2 is 0.773 bits per heavy atom. The summed E-state index contributed by atoms with van der Waals surface area (Å²) < 4.78 is 0. The summed E-state index contributed by atoms with van der Waals surface area (Å²) >= 11 is 0. The van der Waals surface area contributed by atoms with E-state index in [-0.39, 0.29) is 0 Å². The van der Waals surface area contributed by atoms with Crippen molar-refractivity contribution in [3.63, 3.8) is 0 Å². The van der Waals surface area contributed by atoms with Gasteiger partial charge in [-0.2, -0.15) is 0 Å². The van der Waals surface area contributed by atoms with Crippen LogP contribution >= 0.6 is 0 Å². The van der Waals surface area contributed by atoms with Gasteiger partial charge in [-0.3, -0.25) is 0 Å². The number of rotatable bonds is 0. The first kappa shape index (κ1) is 14.0. The Morgan fingerprint density at radius 3 is 1.18 bits per heavy atom. The van der Waals surface area contributed by atoms with Crippen LogP contribution in [-0.2, 0) is 0 Å². The fourth-order valence-corrected chi connectivity index (χ4v) is 2.42. The Bertz CT molecular complexity index is 825. The molecule has 0 aliphatic rings. The third kappa shape index (κ3) is 2.86. The average molecular weight is 288 g/mol. The molecule has 0 heterocycles. The van der Waals surface area contributed by atoms with E-state index >= 15 is 0 Å². The van der Waals surface area contributed by atoms with E-state index in [0.717, 1.165) is 21.5 Å². The fourth-order valence-electron chi connectivity index (χ4n) is 2.42. The predicted octanol–water partition coefficient (Wildman–Crippen LogP) is 5.09. The predicted molar refractivity (Wildman–Crippen MR) is 91.2 cm³/mol. The second kappa shape index (κ2) is 6.19. The summed E-state index contributed by atoms with van der Waals surface area (Å²) in [4.78, 5) is 0. The van der Waals surface area contributed by atoms with Crippen LogP contribution in [0.15, 0.2) is 84.9 Å². The molecule has 0 amide bonds. The van der Waals surface area contributed by atoms with Gasteiger partial charge in [0.1, 0.15) is 11.5 Å². The molecule has 108 valence electrons. The Labute approximate surface area is 128 Å². The second-order valence-electron chi connectivity index (χ2n) is 5.00. The highest BCUT2D eigenvalue weighted by molar-refractivity contribution is 5.88. The first-order chi connectivity index (χ1) is 10.8. The number of hydrogen-bond acceptors (Lipinski definition) is 2. The molecule has 2 nitrogen and oxygen atoms in total. The van der Waals surface area contributed by atoms with Crippen LogP contribution in [0.5, 0.6) is 11.5 Å². The van der Waals surface area contributed by atoms with Crippen molar-refractivity contribution in [1.29, 1.82) is 0 Å². The summed E-state index contributed by atoms with van der Waals surface area (Å²) in [5.74, 6) is 0.700. The molecule has 4 aromatic rings. The maximum Gasteiger partial charge on any atom is 0.123 e. The van der Waals surface area contributed by atoms with E-state index in [1.165, 1.54) is 0 Å². The van der Waals surface area contributed by atoms with Crippen molar-refractivity contribution in [1.82, 2.24) is 0 Å². The highest BCUT2D eigenvalue weighted by Gasteiger charge is 1.95. The quantitative estimate of drug-likeness (QED) is 0.473. The van der Waals surface area contributed by atoms with Crippen molar-refractivity contribution in [2.24, 2.45) is 0 Å². The van der Waals surface area contributed by atoms with E-state index < -0.39 is 0 Å². The van der Waals surface area contributed by atoms with Crippen LogP contribution in [0.2, 0.25) is 0 Å². The zero-order valence-electron chi connectivity index (χ0n) is 12.0. The van der Waals surface area contributed by atoms with E-state index in [9.17, 15) is 10.2 Å². The summed E-state index contributed by atoms with van der Waals surface area (Å²) in [5, 5.41) is 22.7. The van der Waals surface area contributed by atoms with E-state index in [0.29, 0.717) is 11.5 Å². The molecule has 2 heteroatoms. The lowest BCUT2D eigenvalue weighted by molar-refractivity contribution is 0.481. The van der Waals surface area contributed by atoms with Gasteiger partial charge in [0.25, 0.3) is 0 Å². The molecule has 22 heavy (non-hydrogen) atoms. The Hall–Kier alpha value is -3.00. The van der Waals surface area contributed by atoms with Crippen LogP contribution in [-0.4, -0.2) is 10.2 Å². The molecule has 0 bridgehead atoms. The number of fused-ring (bicyclic) bond motifs is 2. The standard InChI is InChI=1S/2C10H8O/c2*11-10-7-3-5-8-4-1-2-6-9(8)10/h2*1-7,11H. The topological polar surface area (TPSA) is 40.5 Å². The lowest BCUT2D eigenvalue weighted by Gasteiger charge is -1.97. The maximum absolute atomic E-state index is 9.37. The summed E-state index contributed by atoms with van der Waals surface area (Å²) in [6.07, 6.45) is 0. The third-order valence-corrected chi connectivity index (χ3v) is 3.53. The number of phenols is 2. The first-order valence-corrected chi connectivity index (χ1v) is 7.09. The van der Waals surface area contributed by atoms with Gasteiger partial charge in [-0.05, 0) is 22.9 Å². The number of benzene rings is 4. The maximum atomic E-state index is 9.37. The summed E-state index contributed by atoms with van der Waals surface area (Å²) in [6.45, 7) is 0. The van der Waals surface area contributed by atoms with Crippen LogP contribution in [0.1, 0.15) is 0 Å². The molecule has 0 fully saturated rings. The van der Waals surface area contributed by atoms with Crippen LogP contribution in [0, 0.1) is 0 Å². The molecule has 0 atom stereocenters. The summed E-state index contributed by atoms with van der Waals surface area (Å²) in [7, 11) is 0. The minimum absolute atomic E-state index is 0.350. The Morgan fingerprint density at radius 1 is 0.409 bits per heavy atom. The van der Waals surface area contributed by atoms with Crippen LogP contribution in [0.25, 0.3) is 21.5 Å². The van der Waals surface area contributed by atoms with Crippen LogP contribution in [0.3, 0.4) is 0 Å². The summed E-state index contributed by atoms with van der Waals surface area (Å²) in [6, 6.07) is 26.6. The smallest absolute Gasteiger partial charge is 0.123 e. The highest BCUT2D eigenvalue weighted by atomic mass is 16.3. The molecule has 0 saturated heterocycles. The first-order valence-electron chi connectivity index (χ1n) is 7.09. The summed E-state index contributed by atoms with van der Waals surface area (Å²) in [5.41, 5.74) is 0. The van der Waals surface area contributed by atoms with Crippen molar-refractivity contribution in [3.8, 4) is 11.5 Å². The average Bonchev–Trinajstić information content (AvgIpc) is 2.57. The fraction of sp³-hybridized carbons (Fsp3) is 0.